The Hall–Kier alpha value is -1.10. The first-order valence-electron chi connectivity index (χ1n) is 5.97. The molecule has 3 rings (SSSR count). The Morgan fingerprint density at radius 1 is 1.31 bits per heavy atom. The van der Waals surface area contributed by atoms with Crippen molar-refractivity contribution in [3.8, 4) is 0 Å². The molecular formula is C11H16N2O3. The second kappa shape index (κ2) is 3.45. The van der Waals surface area contributed by atoms with Crippen molar-refractivity contribution in [2.75, 3.05) is 13.2 Å². The van der Waals surface area contributed by atoms with E-state index < -0.39 is 5.54 Å². The SMILES string of the molecule is O=C1NC2(CCCCC2)C(=O)N1CC1CO1. The third-order valence-corrected chi connectivity index (χ3v) is 3.74. The maximum atomic E-state index is 12.2. The van der Waals surface area contributed by atoms with Crippen LogP contribution >= 0.6 is 0 Å². The lowest BCUT2D eigenvalue weighted by Gasteiger charge is -2.30. The van der Waals surface area contributed by atoms with Crippen LogP contribution in [-0.4, -0.2) is 41.6 Å². The molecule has 5 heteroatoms. The lowest BCUT2D eigenvalue weighted by Crippen LogP contribution is -2.48. The minimum atomic E-state index is -0.579. The second-order valence-corrected chi connectivity index (χ2v) is 4.94. The minimum Gasteiger partial charge on any atom is -0.371 e. The van der Waals surface area contributed by atoms with Gasteiger partial charge < -0.3 is 10.1 Å². The average molecular weight is 224 g/mol. The van der Waals surface area contributed by atoms with Crippen LogP contribution < -0.4 is 5.32 Å². The Morgan fingerprint density at radius 3 is 2.62 bits per heavy atom. The third kappa shape index (κ3) is 1.50. The molecule has 0 radical (unpaired) electrons. The summed E-state index contributed by atoms with van der Waals surface area (Å²) in [5.74, 6) is -0.0345. The zero-order valence-corrected chi connectivity index (χ0v) is 9.20. The summed E-state index contributed by atoms with van der Waals surface area (Å²) < 4.78 is 5.07. The number of imide groups is 1. The van der Waals surface area contributed by atoms with E-state index in [9.17, 15) is 9.59 Å². The van der Waals surface area contributed by atoms with E-state index in [0.717, 1.165) is 32.1 Å². The first-order valence-corrected chi connectivity index (χ1v) is 5.97. The van der Waals surface area contributed by atoms with E-state index in [2.05, 4.69) is 5.32 Å². The summed E-state index contributed by atoms with van der Waals surface area (Å²) in [6.45, 7) is 1.09. The van der Waals surface area contributed by atoms with Gasteiger partial charge in [0.25, 0.3) is 5.91 Å². The van der Waals surface area contributed by atoms with Gasteiger partial charge in [0.05, 0.1) is 19.3 Å². The fourth-order valence-corrected chi connectivity index (χ4v) is 2.71. The minimum absolute atomic E-state index is 0.0345. The monoisotopic (exact) mass is 224 g/mol. The Balaban J connectivity index is 1.77. The molecule has 3 aliphatic rings. The predicted molar refractivity (Wildman–Crippen MR) is 55.8 cm³/mol. The second-order valence-electron chi connectivity index (χ2n) is 4.94. The number of carbonyl (C=O) groups excluding carboxylic acids is 2. The summed E-state index contributed by atoms with van der Waals surface area (Å²) in [5.41, 5.74) is -0.579. The standard InChI is InChI=1S/C11H16N2O3/c14-9-11(4-2-1-3-5-11)12-10(15)13(9)6-8-7-16-8/h8H,1-7H2,(H,12,15). The Bertz CT molecular complexity index is 332. The number of amides is 3. The van der Waals surface area contributed by atoms with Crippen LogP contribution in [0, 0.1) is 0 Å². The number of nitrogens with zero attached hydrogens (tertiary/aromatic N) is 1. The molecule has 0 bridgehead atoms. The van der Waals surface area contributed by atoms with Crippen molar-refractivity contribution in [1.29, 1.82) is 0 Å². The van der Waals surface area contributed by atoms with Gasteiger partial charge in [-0.2, -0.15) is 0 Å². The van der Waals surface area contributed by atoms with Crippen LogP contribution in [0.15, 0.2) is 0 Å². The van der Waals surface area contributed by atoms with Crippen molar-refractivity contribution in [2.24, 2.45) is 0 Å². The van der Waals surface area contributed by atoms with E-state index in [1.165, 1.54) is 4.90 Å². The largest absolute Gasteiger partial charge is 0.371 e. The molecule has 1 saturated carbocycles. The lowest BCUT2D eigenvalue weighted by atomic mass is 9.82. The number of nitrogens with one attached hydrogen (secondary N) is 1. The van der Waals surface area contributed by atoms with E-state index in [4.69, 9.17) is 4.74 Å². The van der Waals surface area contributed by atoms with Crippen molar-refractivity contribution in [3.05, 3.63) is 0 Å². The van der Waals surface area contributed by atoms with Gasteiger partial charge in [0.2, 0.25) is 0 Å². The van der Waals surface area contributed by atoms with Gasteiger partial charge in [-0.25, -0.2) is 4.79 Å². The van der Waals surface area contributed by atoms with Gasteiger partial charge in [-0.1, -0.05) is 19.3 Å². The van der Waals surface area contributed by atoms with E-state index >= 15 is 0 Å². The van der Waals surface area contributed by atoms with Crippen LogP contribution in [-0.2, 0) is 9.53 Å². The first kappa shape index (κ1) is 10.1. The van der Waals surface area contributed by atoms with Crippen LogP contribution in [0.4, 0.5) is 4.79 Å². The maximum absolute atomic E-state index is 12.2. The fraction of sp³-hybridized carbons (Fsp3) is 0.818. The summed E-state index contributed by atoms with van der Waals surface area (Å²) in [5, 5.41) is 2.88. The molecule has 0 aromatic heterocycles. The van der Waals surface area contributed by atoms with E-state index in [1.807, 2.05) is 0 Å². The molecule has 1 atom stereocenters. The highest BCUT2D eigenvalue weighted by molar-refractivity contribution is 6.07. The van der Waals surface area contributed by atoms with Crippen molar-refractivity contribution >= 4 is 11.9 Å². The molecule has 0 aromatic rings. The highest BCUT2D eigenvalue weighted by Crippen LogP contribution is 2.34. The molecular weight excluding hydrogens is 208 g/mol. The Morgan fingerprint density at radius 2 is 2.00 bits per heavy atom. The molecule has 2 heterocycles. The van der Waals surface area contributed by atoms with Gasteiger partial charge in [0, 0.05) is 0 Å². The molecule has 1 spiro atoms. The van der Waals surface area contributed by atoms with Gasteiger partial charge in [-0.05, 0) is 12.8 Å². The summed E-state index contributed by atoms with van der Waals surface area (Å²) in [6.07, 6.45) is 4.88. The molecule has 2 saturated heterocycles. The van der Waals surface area contributed by atoms with Gasteiger partial charge in [0.1, 0.15) is 5.54 Å². The summed E-state index contributed by atoms with van der Waals surface area (Å²) in [6, 6.07) is -0.234. The molecule has 3 fully saturated rings. The number of carbonyl (C=O) groups is 2. The lowest BCUT2D eigenvalue weighted by molar-refractivity contribution is -0.132. The van der Waals surface area contributed by atoms with Crippen LogP contribution in [0.1, 0.15) is 32.1 Å². The number of hydrogen-bond donors (Lipinski definition) is 1. The molecule has 2 aliphatic heterocycles. The van der Waals surface area contributed by atoms with Gasteiger partial charge in [0.15, 0.2) is 0 Å². The topological polar surface area (TPSA) is 61.9 Å². The summed E-state index contributed by atoms with van der Waals surface area (Å²) >= 11 is 0. The molecule has 1 unspecified atom stereocenters. The number of epoxide rings is 1. The van der Waals surface area contributed by atoms with Gasteiger partial charge >= 0.3 is 6.03 Å². The molecule has 5 nitrogen and oxygen atoms in total. The van der Waals surface area contributed by atoms with E-state index in [1.54, 1.807) is 0 Å². The van der Waals surface area contributed by atoms with Crippen LogP contribution in [0.5, 0.6) is 0 Å². The highest BCUT2D eigenvalue weighted by Gasteiger charge is 2.52. The molecule has 16 heavy (non-hydrogen) atoms. The first-order chi connectivity index (χ1) is 7.71. The summed E-state index contributed by atoms with van der Waals surface area (Å²) in [7, 11) is 0. The van der Waals surface area contributed by atoms with Crippen LogP contribution in [0.25, 0.3) is 0 Å². The molecule has 3 amide bonds. The normalized spacial score (nSPS) is 32.0. The van der Waals surface area contributed by atoms with Gasteiger partial charge in [-0.3, -0.25) is 9.69 Å². The van der Waals surface area contributed by atoms with Crippen molar-refractivity contribution in [1.82, 2.24) is 10.2 Å². The average Bonchev–Trinajstić information content (AvgIpc) is 3.06. The van der Waals surface area contributed by atoms with Crippen molar-refractivity contribution in [2.45, 2.75) is 43.7 Å². The number of ether oxygens (including phenoxy) is 1. The predicted octanol–water partition coefficient (Wildman–Crippen LogP) is 0.640. The highest BCUT2D eigenvalue weighted by atomic mass is 16.6. The molecule has 1 N–H and O–H groups in total. The smallest absolute Gasteiger partial charge is 0.325 e. The number of hydrogen-bond acceptors (Lipinski definition) is 3. The van der Waals surface area contributed by atoms with E-state index in [-0.39, 0.29) is 18.0 Å². The van der Waals surface area contributed by atoms with Crippen LogP contribution in [0.3, 0.4) is 0 Å². The van der Waals surface area contributed by atoms with Gasteiger partial charge in [-0.15, -0.1) is 0 Å². The zero-order chi connectivity index (χ0) is 11.2. The molecule has 1 aliphatic carbocycles. The molecule has 88 valence electrons. The van der Waals surface area contributed by atoms with E-state index in [0.29, 0.717) is 13.2 Å². The number of rotatable bonds is 2. The third-order valence-electron chi connectivity index (χ3n) is 3.74. The fourth-order valence-electron chi connectivity index (χ4n) is 2.71. The maximum Gasteiger partial charge on any atom is 0.325 e. The Labute approximate surface area is 94.1 Å². The Kier molecular flexibility index (Phi) is 2.17. The quantitative estimate of drug-likeness (QED) is 0.553. The van der Waals surface area contributed by atoms with Crippen molar-refractivity contribution < 1.29 is 14.3 Å². The number of urea groups is 1. The van der Waals surface area contributed by atoms with Crippen molar-refractivity contribution in [3.63, 3.8) is 0 Å². The molecule has 0 aromatic carbocycles. The summed E-state index contributed by atoms with van der Waals surface area (Å²) in [4.78, 5) is 25.3. The zero-order valence-electron chi connectivity index (χ0n) is 9.20. The van der Waals surface area contributed by atoms with Crippen LogP contribution in [0.2, 0.25) is 0 Å².